The van der Waals surface area contributed by atoms with Crippen LogP contribution in [0.1, 0.15) is 0 Å². The lowest BCUT2D eigenvalue weighted by Crippen LogP contribution is -2.31. The molecular formula is C12H20N2OS. The molecule has 0 aliphatic rings. The molecule has 0 amide bonds. The van der Waals surface area contributed by atoms with Gasteiger partial charge in [0.25, 0.3) is 0 Å². The van der Waals surface area contributed by atoms with Crippen LogP contribution in [0.15, 0.2) is 29.2 Å². The van der Waals surface area contributed by atoms with Crippen molar-refractivity contribution in [3.63, 3.8) is 0 Å². The van der Waals surface area contributed by atoms with Crippen molar-refractivity contribution >= 4 is 17.4 Å². The number of aliphatic hydroxyl groups excluding tert-OH is 1. The van der Waals surface area contributed by atoms with Gasteiger partial charge >= 0.3 is 0 Å². The average Bonchev–Trinajstić information content (AvgIpc) is 2.26. The van der Waals surface area contributed by atoms with Crippen LogP contribution in [-0.4, -0.2) is 49.6 Å². The predicted octanol–water partition coefficient (Wildman–Crippen LogP) is 1.74. The van der Waals surface area contributed by atoms with Gasteiger partial charge in [0, 0.05) is 23.7 Å². The Bertz CT molecular complexity index is 318. The standard InChI is InChI=1S/C12H20N2OS/c1-14(2)9-10(15)8-13-11-6-4-5-7-12(11)16-3/h4-7,10,13,15H,8-9H2,1-3H3. The Morgan fingerprint density at radius 2 is 2.06 bits per heavy atom. The minimum absolute atomic E-state index is 0.343. The number of para-hydroxylation sites is 1. The lowest BCUT2D eigenvalue weighted by Gasteiger charge is -2.18. The topological polar surface area (TPSA) is 35.5 Å². The highest BCUT2D eigenvalue weighted by Gasteiger charge is 2.06. The smallest absolute Gasteiger partial charge is 0.0838 e. The van der Waals surface area contributed by atoms with E-state index in [4.69, 9.17) is 0 Å². The Kier molecular flexibility index (Phi) is 5.66. The molecule has 90 valence electrons. The minimum Gasteiger partial charge on any atom is -0.390 e. The molecule has 4 heteroatoms. The van der Waals surface area contributed by atoms with Crippen LogP contribution in [0.5, 0.6) is 0 Å². The molecular weight excluding hydrogens is 220 g/mol. The first-order valence-electron chi connectivity index (χ1n) is 5.33. The Balaban J connectivity index is 2.47. The zero-order chi connectivity index (χ0) is 12.0. The van der Waals surface area contributed by atoms with Gasteiger partial charge in [-0.1, -0.05) is 12.1 Å². The maximum atomic E-state index is 9.73. The SMILES string of the molecule is CSc1ccccc1NCC(O)CN(C)C. The van der Waals surface area contributed by atoms with E-state index in [0.717, 1.165) is 5.69 Å². The number of benzene rings is 1. The van der Waals surface area contributed by atoms with Gasteiger partial charge in [0.1, 0.15) is 0 Å². The Labute approximate surface area is 102 Å². The summed E-state index contributed by atoms with van der Waals surface area (Å²) in [6.45, 7) is 1.25. The molecule has 0 radical (unpaired) electrons. The van der Waals surface area contributed by atoms with Gasteiger partial charge in [-0.3, -0.25) is 0 Å². The van der Waals surface area contributed by atoms with Crippen molar-refractivity contribution in [2.75, 3.05) is 38.8 Å². The van der Waals surface area contributed by atoms with Crippen molar-refractivity contribution in [3.8, 4) is 0 Å². The molecule has 1 rings (SSSR count). The van der Waals surface area contributed by atoms with Gasteiger partial charge in [0.2, 0.25) is 0 Å². The lowest BCUT2D eigenvalue weighted by molar-refractivity contribution is 0.148. The molecule has 0 fully saturated rings. The highest BCUT2D eigenvalue weighted by atomic mass is 32.2. The van der Waals surface area contributed by atoms with Crippen molar-refractivity contribution in [1.29, 1.82) is 0 Å². The van der Waals surface area contributed by atoms with Crippen LogP contribution in [0.4, 0.5) is 5.69 Å². The molecule has 0 heterocycles. The molecule has 1 unspecified atom stereocenters. The molecule has 16 heavy (non-hydrogen) atoms. The Hall–Kier alpha value is -0.710. The number of thioether (sulfide) groups is 1. The fraction of sp³-hybridized carbons (Fsp3) is 0.500. The summed E-state index contributed by atoms with van der Waals surface area (Å²) >= 11 is 1.71. The molecule has 0 aromatic heterocycles. The van der Waals surface area contributed by atoms with E-state index in [1.807, 2.05) is 37.2 Å². The minimum atomic E-state index is -0.343. The van der Waals surface area contributed by atoms with Crippen molar-refractivity contribution in [3.05, 3.63) is 24.3 Å². The summed E-state index contributed by atoms with van der Waals surface area (Å²) in [6, 6.07) is 8.13. The maximum Gasteiger partial charge on any atom is 0.0838 e. The molecule has 1 aromatic carbocycles. The van der Waals surface area contributed by atoms with Crippen molar-refractivity contribution in [1.82, 2.24) is 4.90 Å². The number of anilines is 1. The molecule has 3 nitrogen and oxygen atoms in total. The molecule has 2 N–H and O–H groups in total. The van der Waals surface area contributed by atoms with Crippen LogP contribution in [0.25, 0.3) is 0 Å². The van der Waals surface area contributed by atoms with Crippen LogP contribution in [0.2, 0.25) is 0 Å². The third kappa shape index (κ3) is 4.43. The second-order valence-electron chi connectivity index (χ2n) is 4.00. The first kappa shape index (κ1) is 13.4. The summed E-state index contributed by atoms with van der Waals surface area (Å²) in [7, 11) is 3.91. The normalized spacial score (nSPS) is 12.8. The van der Waals surface area contributed by atoms with Gasteiger partial charge in [-0.25, -0.2) is 0 Å². The second-order valence-corrected chi connectivity index (χ2v) is 4.85. The fourth-order valence-electron chi connectivity index (χ4n) is 1.50. The van der Waals surface area contributed by atoms with Gasteiger partial charge in [-0.2, -0.15) is 0 Å². The molecule has 0 aliphatic heterocycles. The van der Waals surface area contributed by atoms with E-state index in [0.29, 0.717) is 13.1 Å². The van der Waals surface area contributed by atoms with Gasteiger partial charge in [0.05, 0.1) is 6.10 Å². The largest absolute Gasteiger partial charge is 0.390 e. The number of nitrogens with zero attached hydrogens (tertiary/aromatic N) is 1. The van der Waals surface area contributed by atoms with Gasteiger partial charge in [0.15, 0.2) is 0 Å². The Morgan fingerprint density at radius 1 is 1.38 bits per heavy atom. The maximum absolute atomic E-state index is 9.73. The quantitative estimate of drug-likeness (QED) is 0.743. The predicted molar refractivity (Wildman–Crippen MR) is 71.3 cm³/mol. The molecule has 0 bridgehead atoms. The lowest BCUT2D eigenvalue weighted by atomic mass is 10.3. The number of hydrogen-bond acceptors (Lipinski definition) is 4. The number of nitrogens with one attached hydrogen (secondary N) is 1. The summed E-state index contributed by atoms with van der Waals surface area (Å²) in [5, 5.41) is 13.0. The average molecular weight is 240 g/mol. The van der Waals surface area contributed by atoms with Gasteiger partial charge in [-0.05, 0) is 32.5 Å². The summed E-state index contributed by atoms with van der Waals surface area (Å²) in [5.74, 6) is 0. The number of rotatable bonds is 6. The third-order valence-corrected chi connectivity index (χ3v) is 3.01. The molecule has 1 aromatic rings. The second kappa shape index (κ2) is 6.78. The third-order valence-electron chi connectivity index (χ3n) is 2.21. The van der Waals surface area contributed by atoms with Crippen LogP contribution in [0, 0.1) is 0 Å². The monoisotopic (exact) mass is 240 g/mol. The number of likely N-dealkylation sites (N-methyl/N-ethyl adjacent to an activating group) is 1. The summed E-state index contributed by atoms with van der Waals surface area (Å²) in [6.07, 6.45) is 1.71. The molecule has 0 spiro atoms. The van der Waals surface area contributed by atoms with E-state index >= 15 is 0 Å². The molecule has 1 atom stereocenters. The van der Waals surface area contributed by atoms with Crippen LogP contribution >= 0.6 is 11.8 Å². The van der Waals surface area contributed by atoms with Crippen LogP contribution in [-0.2, 0) is 0 Å². The van der Waals surface area contributed by atoms with Crippen LogP contribution in [0.3, 0.4) is 0 Å². The van der Waals surface area contributed by atoms with Crippen molar-refractivity contribution in [2.24, 2.45) is 0 Å². The number of hydrogen-bond donors (Lipinski definition) is 2. The number of aliphatic hydroxyl groups is 1. The first-order chi connectivity index (χ1) is 7.63. The van der Waals surface area contributed by atoms with E-state index in [2.05, 4.69) is 17.6 Å². The molecule has 0 aliphatic carbocycles. The Morgan fingerprint density at radius 3 is 2.69 bits per heavy atom. The van der Waals surface area contributed by atoms with E-state index in [1.165, 1.54) is 4.90 Å². The summed E-state index contributed by atoms with van der Waals surface area (Å²) < 4.78 is 0. The zero-order valence-electron chi connectivity index (χ0n) is 10.1. The van der Waals surface area contributed by atoms with Gasteiger partial charge < -0.3 is 15.3 Å². The summed E-state index contributed by atoms with van der Waals surface area (Å²) in [4.78, 5) is 3.19. The van der Waals surface area contributed by atoms with E-state index < -0.39 is 0 Å². The summed E-state index contributed by atoms with van der Waals surface area (Å²) in [5.41, 5.74) is 1.09. The highest BCUT2D eigenvalue weighted by Crippen LogP contribution is 2.24. The van der Waals surface area contributed by atoms with E-state index in [1.54, 1.807) is 11.8 Å². The zero-order valence-corrected chi connectivity index (χ0v) is 10.9. The van der Waals surface area contributed by atoms with Crippen LogP contribution < -0.4 is 5.32 Å². The first-order valence-corrected chi connectivity index (χ1v) is 6.55. The molecule has 0 saturated carbocycles. The van der Waals surface area contributed by atoms with Crippen molar-refractivity contribution < 1.29 is 5.11 Å². The van der Waals surface area contributed by atoms with Crippen molar-refractivity contribution in [2.45, 2.75) is 11.0 Å². The highest BCUT2D eigenvalue weighted by molar-refractivity contribution is 7.98. The van der Waals surface area contributed by atoms with E-state index in [9.17, 15) is 5.11 Å². The van der Waals surface area contributed by atoms with Gasteiger partial charge in [-0.15, -0.1) is 11.8 Å². The fourth-order valence-corrected chi connectivity index (χ4v) is 2.08. The van der Waals surface area contributed by atoms with E-state index in [-0.39, 0.29) is 6.10 Å². The molecule has 0 saturated heterocycles.